The first-order chi connectivity index (χ1) is 16.2. The van der Waals surface area contributed by atoms with E-state index in [4.69, 9.17) is 20.1 Å². The van der Waals surface area contributed by atoms with Crippen molar-refractivity contribution in [2.45, 2.75) is 37.6 Å². The number of hydrogen-bond acceptors (Lipinski definition) is 6. The van der Waals surface area contributed by atoms with Crippen LogP contribution < -0.4 is 10.7 Å². The lowest BCUT2D eigenvalue weighted by atomic mass is 9.87. The SMILES string of the molecule is [2H]C([2H])([2H])N1CN([C@H](c2n[nH]c(=O)o2)[C@H](C)c2c(F)ccc(C)c2C)S(=O)(=O)c2ccc(Cl)cc21. The Labute approximate surface area is 193 Å². The summed E-state index contributed by atoms with van der Waals surface area (Å²) in [4.78, 5) is 12.4. The summed E-state index contributed by atoms with van der Waals surface area (Å²) in [5.74, 6) is -2.77. The lowest BCUT2D eigenvalue weighted by Gasteiger charge is -2.40. The fraction of sp³-hybridized carbons (Fsp3) is 0.333. The number of nitrogens with one attached hydrogen (secondary N) is 1. The zero-order valence-corrected chi connectivity index (χ0v) is 19.0. The Bertz CT molecular complexity index is 1460. The third-order valence-electron chi connectivity index (χ3n) is 5.76. The molecule has 0 radical (unpaired) electrons. The highest BCUT2D eigenvalue weighted by atomic mass is 35.5. The number of H-pyrrole nitrogens is 1. The molecule has 2 aromatic carbocycles. The molecular weight excluding hydrogens is 459 g/mol. The zero-order chi connectivity index (χ0) is 25.9. The molecule has 0 bridgehead atoms. The van der Waals surface area contributed by atoms with E-state index < -0.39 is 47.2 Å². The molecule has 32 heavy (non-hydrogen) atoms. The van der Waals surface area contributed by atoms with Crippen molar-refractivity contribution in [3.63, 3.8) is 0 Å². The van der Waals surface area contributed by atoms with E-state index >= 15 is 4.39 Å². The summed E-state index contributed by atoms with van der Waals surface area (Å²) in [5, 5.41) is 6.09. The predicted molar refractivity (Wildman–Crippen MR) is 118 cm³/mol. The molecule has 0 saturated heterocycles. The van der Waals surface area contributed by atoms with Crippen molar-refractivity contribution in [1.82, 2.24) is 14.5 Å². The Hall–Kier alpha value is -2.69. The fourth-order valence-electron chi connectivity index (χ4n) is 4.05. The predicted octanol–water partition coefficient (Wildman–Crippen LogP) is 3.72. The van der Waals surface area contributed by atoms with Gasteiger partial charge < -0.3 is 9.32 Å². The lowest BCUT2D eigenvalue weighted by molar-refractivity contribution is 0.237. The van der Waals surface area contributed by atoms with Crippen LogP contribution in [0.1, 0.15) is 45.6 Å². The van der Waals surface area contributed by atoms with Gasteiger partial charge in [-0.2, -0.15) is 4.31 Å². The van der Waals surface area contributed by atoms with Crippen LogP contribution in [0, 0.1) is 19.7 Å². The number of nitrogens with zero attached hydrogens (tertiary/aromatic N) is 3. The van der Waals surface area contributed by atoms with Crippen LogP contribution in [-0.4, -0.2) is 36.6 Å². The highest BCUT2D eigenvalue weighted by Crippen LogP contribution is 2.44. The van der Waals surface area contributed by atoms with Crippen molar-refractivity contribution in [2.75, 3.05) is 18.5 Å². The van der Waals surface area contributed by atoms with Gasteiger partial charge in [0.1, 0.15) is 16.8 Å². The van der Waals surface area contributed by atoms with E-state index in [2.05, 4.69) is 10.2 Å². The molecule has 8 nitrogen and oxygen atoms in total. The molecule has 0 unspecified atom stereocenters. The molecule has 3 aromatic rings. The Morgan fingerprint density at radius 1 is 1.31 bits per heavy atom. The van der Waals surface area contributed by atoms with Gasteiger partial charge >= 0.3 is 5.76 Å². The number of hydrogen-bond donors (Lipinski definition) is 1. The van der Waals surface area contributed by atoms with Crippen LogP contribution in [0.25, 0.3) is 0 Å². The smallest absolute Gasteiger partial charge is 0.391 e. The molecule has 2 atom stereocenters. The largest absolute Gasteiger partial charge is 0.434 e. The van der Waals surface area contributed by atoms with E-state index in [0.29, 0.717) is 5.56 Å². The summed E-state index contributed by atoms with van der Waals surface area (Å²) in [7, 11) is -4.38. The van der Waals surface area contributed by atoms with Crippen LogP contribution >= 0.6 is 11.6 Å². The van der Waals surface area contributed by atoms with Gasteiger partial charge in [0, 0.05) is 22.0 Å². The molecule has 0 spiro atoms. The first-order valence-electron chi connectivity index (χ1n) is 11.1. The summed E-state index contributed by atoms with van der Waals surface area (Å²) < 4.78 is 72.7. The molecule has 0 aliphatic carbocycles. The Balaban J connectivity index is 1.97. The number of aromatic amines is 1. The van der Waals surface area contributed by atoms with Gasteiger partial charge in [0.15, 0.2) is 0 Å². The first kappa shape index (κ1) is 18.8. The molecular formula is C21H22ClFN4O4S. The van der Waals surface area contributed by atoms with Crippen molar-refractivity contribution in [2.24, 2.45) is 0 Å². The van der Waals surface area contributed by atoms with Crippen LogP contribution in [0.3, 0.4) is 0 Å². The third-order valence-corrected chi connectivity index (χ3v) is 7.85. The average Bonchev–Trinajstić information content (AvgIpc) is 3.17. The molecule has 0 fully saturated rings. The van der Waals surface area contributed by atoms with Gasteiger partial charge in [0.25, 0.3) is 0 Å². The molecule has 1 aromatic heterocycles. The quantitative estimate of drug-likeness (QED) is 0.607. The Morgan fingerprint density at radius 3 is 2.72 bits per heavy atom. The molecule has 1 N–H and O–H groups in total. The topological polar surface area (TPSA) is 99.5 Å². The van der Waals surface area contributed by atoms with Crippen molar-refractivity contribution in [3.05, 3.63) is 74.3 Å². The first-order valence-corrected chi connectivity index (χ1v) is 11.5. The monoisotopic (exact) mass is 483 g/mol. The second-order valence-electron chi connectivity index (χ2n) is 7.66. The summed E-state index contributed by atoms with van der Waals surface area (Å²) in [6.45, 7) is 1.64. The number of benzene rings is 2. The minimum absolute atomic E-state index is 0.0958. The Morgan fingerprint density at radius 2 is 2.06 bits per heavy atom. The van der Waals surface area contributed by atoms with E-state index in [1.807, 2.05) is 0 Å². The molecule has 2 heterocycles. The summed E-state index contributed by atoms with van der Waals surface area (Å²) in [5.41, 5.74) is 1.44. The number of anilines is 1. The van der Waals surface area contributed by atoms with Crippen LogP contribution in [0.15, 0.2) is 44.4 Å². The van der Waals surface area contributed by atoms with Crippen molar-refractivity contribution in [1.29, 1.82) is 0 Å². The number of aromatic nitrogens is 2. The zero-order valence-electron chi connectivity index (χ0n) is 20.4. The van der Waals surface area contributed by atoms with Gasteiger partial charge in [-0.1, -0.05) is 24.6 Å². The summed E-state index contributed by atoms with van der Waals surface area (Å²) >= 11 is 6.04. The van der Waals surface area contributed by atoms with Gasteiger partial charge in [0.2, 0.25) is 15.9 Å². The van der Waals surface area contributed by atoms with Crippen LogP contribution in [0.5, 0.6) is 0 Å². The minimum atomic E-state index is -4.38. The van der Waals surface area contributed by atoms with Gasteiger partial charge in [-0.3, -0.25) is 0 Å². The fourth-order valence-corrected chi connectivity index (χ4v) is 5.98. The summed E-state index contributed by atoms with van der Waals surface area (Å²) in [6, 6.07) is 5.30. The maximum absolute atomic E-state index is 15.1. The van der Waals surface area contributed by atoms with E-state index in [-0.39, 0.29) is 27.1 Å². The van der Waals surface area contributed by atoms with E-state index in [9.17, 15) is 13.2 Å². The second-order valence-corrected chi connectivity index (χ2v) is 9.96. The van der Waals surface area contributed by atoms with Crippen LogP contribution in [0.4, 0.5) is 10.1 Å². The molecule has 4 rings (SSSR count). The lowest BCUT2D eigenvalue weighted by Crippen LogP contribution is -2.48. The number of sulfonamides is 1. The average molecular weight is 484 g/mol. The normalized spacial score (nSPS) is 19.5. The molecule has 0 saturated carbocycles. The van der Waals surface area contributed by atoms with Gasteiger partial charge in [-0.15, -0.1) is 5.10 Å². The second kappa shape index (κ2) is 8.02. The van der Waals surface area contributed by atoms with Crippen molar-refractivity contribution < 1.29 is 21.3 Å². The highest BCUT2D eigenvalue weighted by molar-refractivity contribution is 7.89. The van der Waals surface area contributed by atoms with E-state index in [1.54, 1.807) is 26.8 Å². The van der Waals surface area contributed by atoms with Gasteiger partial charge in [-0.25, -0.2) is 22.7 Å². The minimum Gasteiger partial charge on any atom is -0.391 e. The Kier molecular flexibility index (Phi) is 4.72. The number of rotatable bonds is 4. The molecule has 1 aliphatic heterocycles. The molecule has 0 amide bonds. The van der Waals surface area contributed by atoms with Gasteiger partial charge in [-0.05, 0) is 54.8 Å². The van der Waals surface area contributed by atoms with Gasteiger partial charge in [0.05, 0.1) is 12.4 Å². The summed E-state index contributed by atoms with van der Waals surface area (Å²) in [6.07, 6.45) is 0. The van der Waals surface area contributed by atoms with E-state index in [1.165, 1.54) is 24.3 Å². The van der Waals surface area contributed by atoms with Crippen molar-refractivity contribution >= 4 is 27.3 Å². The third kappa shape index (κ3) is 3.62. The number of aryl methyl sites for hydroxylation is 1. The molecule has 11 heteroatoms. The molecule has 1 aliphatic rings. The maximum atomic E-state index is 15.1. The van der Waals surface area contributed by atoms with Crippen molar-refractivity contribution in [3.8, 4) is 0 Å². The molecule has 170 valence electrons. The highest BCUT2D eigenvalue weighted by Gasteiger charge is 2.44. The van der Waals surface area contributed by atoms with Crippen LogP contribution in [0.2, 0.25) is 5.02 Å². The van der Waals surface area contributed by atoms with E-state index in [0.717, 1.165) is 14.8 Å². The number of halogens is 2. The maximum Gasteiger partial charge on any atom is 0.434 e. The van der Waals surface area contributed by atoms with Crippen LogP contribution in [-0.2, 0) is 10.0 Å². The standard InChI is InChI=1S/C21H22ClFN4O4S/c1-11-5-7-15(23)18(12(11)2)13(3)19(20-24-25-21(28)31-20)27-10-26(4)16-9-14(22)6-8-17(16)32(27,29)30/h5-9,13,19H,10H2,1-4H3,(H,25,28)/t13-,19+/m1/s1/i4D3. The number of fused-ring (bicyclic) bond motifs is 1.